The van der Waals surface area contributed by atoms with E-state index >= 15 is 0 Å². The second kappa shape index (κ2) is 5.27. The van der Waals surface area contributed by atoms with Crippen LogP contribution in [-0.2, 0) is 0 Å². The molecule has 0 spiro atoms. The molecule has 2 aromatic carbocycles. The minimum atomic E-state index is 0.567. The Morgan fingerprint density at radius 1 is 1.10 bits per heavy atom. The molecule has 0 unspecified atom stereocenters. The van der Waals surface area contributed by atoms with Gasteiger partial charge in [-0.3, -0.25) is 0 Å². The number of nitrogens with zero attached hydrogens (tertiary/aromatic N) is 1. The van der Waals surface area contributed by atoms with Crippen LogP contribution in [0, 0.1) is 0 Å². The van der Waals surface area contributed by atoms with E-state index in [1.54, 1.807) is 18.3 Å². The second-order valence-corrected chi connectivity index (χ2v) is 6.11. The summed E-state index contributed by atoms with van der Waals surface area (Å²) in [6.45, 7) is 1.79. The highest BCUT2D eigenvalue weighted by Gasteiger charge is 2.05. The predicted molar refractivity (Wildman–Crippen MR) is 89.2 cm³/mol. The first kappa shape index (κ1) is 13.2. The van der Waals surface area contributed by atoms with Crippen molar-refractivity contribution in [3.8, 4) is 10.4 Å². The van der Waals surface area contributed by atoms with Gasteiger partial charge in [0.2, 0.25) is 0 Å². The molecule has 0 aliphatic carbocycles. The number of hydrogen-bond acceptors (Lipinski definition) is 2. The molecular weight excluding hydrogens is 288 g/mol. The smallest absolute Gasteiger partial charge is 0.0964 e. The van der Waals surface area contributed by atoms with Crippen LogP contribution in [-0.4, -0.2) is 5.84 Å². The summed E-state index contributed by atoms with van der Waals surface area (Å²) in [7, 11) is 0. The van der Waals surface area contributed by atoms with E-state index in [-0.39, 0.29) is 0 Å². The Kier molecular flexibility index (Phi) is 3.47. The van der Waals surface area contributed by atoms with Crippen molar-refractivity contribution >= 4 is 44.5 Å². The third kappa shape index (κ3) is 2.69. The molecule has 0 bridgehead atoms. The van der Waals surface area contributed by atoms with Crippen LogP contribution in [0.4, 0.5) is 5.69 Å². The summed E-state index contributed by atoms with van der Waals surface area (Å²) in [6.07, 6.45) is 0. The topological polar surface area (TPSA) is 38.4 Å². The minimum Gasteiger partial charge on any atom is -0.387 e. The molecule has 1 aromatic heterocycles. The van der Waals surface area contributed by atoms with Gasteiger partial charge >= 0.3 is 0 Å². The van der Waals surface area contributed by atoms with Crippen molar-refractivity contribution in [2.24, 2.45) is 10.7 Å². The molecule has 0 saturated heterocycles. The fourth-order valence-corrected chi connectivity index (χ4v) is 3.23. The zero-order chi connectivity index (χ0) is 14.1. The summed E-state index contributed by atoms with van der Waals surface area (Å²) < 4.78 is 1.24. The van der Waals surface area contributed by atoms with Crippen LogP contribution >= 0.6 is 22.9 Å². The molecular formula is C16H13ClN2S. The van der Waals surface area contributed by atoms with Crippen molar-refractivity contribution in [1.82, 2.24) is 0 Å². The maximum atomic E-state index is 5.92. The number of aliphatic imine (C=N–C) groups is 1. The van der Waals surface area contributed by atoms with Gasteiger partial charge in [0.25, 0.3) is 0 Å². The summed E-state index contributed by atoms with van der Waals surface area (Å²) >= 11 is 7.68. The number of halogens is 1. The first-order valence-electron chi connectivity index (χ1n) is 6.22. The Hall–Kier alpha value is -1.84. The van der Waals surface area contributed by atoms with E-state index in [0.717, 1.165) is 10.7 Å². The van der Waals surface area contributed by atoms with Crippen molar-refractivity contribution in [2.45, 2.75) is 6.92 Å². The third-order valence-electron chi connectivity index (χ3n) is 2.93. The van der Waals surface area contributed by atoms with Crippen molar-refractivity contribution in [1.29, 1.82) is 0 Å². The first-order chi connectivity index (χ1) is 9.61. The molecule has 3 rings (SSSR count). The molecule has 2 N–H and O–H groups in total. The summed E-state index contributed by atoms with van der Waals surface area (Å²) in [5.41, 5.74) is 7.68. The Balaban J connectivity index is 2.06. The lowest BCUT2D eigenvalue weighted by atomic mass is 10.1. The molecule has 2 nitrogen and oxygen atoms in total. The summed E-state index contributed by atoms with van der Waals surface area (Å²) in [5.74, 6) is 0.567. The maximum Gasteiger partial charge on any atom is 0.0964 e. The zero-order valence-corrected chi connectivity index (χ0v) is 12.5. The van der Waals surface area contributed by atoms with Crippen molar-refractivity contribution in [3.63, 3.8) is 0 Å². The predicted octanol–water partition coefficient (Wildman–Crippen LogP) is 5.23. The quantitative estimate of drug-likeness (QED) is 0.511. The second-order valence-electron chi connectivity index (χ2n) is 4.59. The SMILES string of the molecule is CC(N)=Nc1ccc2sc(-c3ccc(Cl)cc3)cc2c1. The number of benzene rings is 2. The molecule has 0 atom stereocenters. The van der Waals surface area contributed by atoms with Crippen LogP contribution in [0.3, 0.4) is 0 Å². The molecule has 20 heavy (non-hydrogen) atoms. The van der Waals surface area contributed by atoms with Gasteiger partial charge in [0.15, 0.2) is 0 Å². The van der Waals surface area contributed by atoms with Gasteiger partial charge in [-0.05, 0) is 54.3 Å². The van der Waals surface area contributed by atoms with E-state index in [2.05, 4.69) is 23.2 Å². The highest BCUT2D eigenvalue weighted by molar-refractivity contribution is 7.22. The standard InChI is InChI=1S/C16H13ClN2S/c1-10(18)19-14-6-7-15-12(8-14)9-16(20-15)11-2-4-13(17)5-3-11/h2-9H,1H3,(H2,18,19). The van der Waals surface area contributed by atoms with E-state index in [9.17, 15) is 0 Å². The van der Waals surface area contributed by atoms with Crippen LogP contribution in [0.5, 0.6) is 0 Å². The third-order valence-corrected chi connectivity index (χ3v) is 4.35. The van der Waals surface area contributed by atoms with Crippen LogP contribution < -0.4 is 5.73 Å². The van der Waals surface area contributed by atoms with Crippen molar-refractivity contribution in [2.75, 3.05) is 0 Å². The lowest BCUT2D eigenvalue weighted by Gasteiger charge is -1.95. The largest absolute Gasteiger partial charge is 0.387 e. The fourth-order valence-electron chi connectivity index (χ4n) is 2.06. The van der Waals surface area contributed by atoms with E-state index in [1.807, 2.05) is 30.3 Å². The van der Waals surface area contributed by atoms with Gasteiger partial charge in [-0.2, -0.15) is 0 Å². The molecule has 3 aromatic rings. The monoisotopic (exact) mass is 300 g/mol. The number of fused-ring (bicyclic) bond motifs is 1. The van der Waals surface area contributed by atoms with Gasteiger partial charge in [-0.15, -0.1) is 11.3 Å². The highest BCUT2D eigenvalue weighted by Crippen LogP contribution is 2.35. The van der Waals surface area contributed by atoms with E-state index < -0.39 is 0 Å². The minimum absolute atomic E-state index is 0.567. The average Bonchev–Trinajstić information content (AvgIpc) is 2.81. The Labute approximate surface area is 126 Å². The van der Waals surface area contributed by atoms with Crippen molar-refractivity contribution < 1.29 is 0 Å². The molecule has 0 fully saturated rings. The van der Waals surface area contributed by atoms with Gasteiger partial charge in [-0.25, -0.2) is 4.99 Å². The first-order valence-corrected chi connectivity index (χ1v) is 7.41. The fraction of sp³-hybridized carbons (Fsp3) is 0.0625. The van der Waals surface area contributed by atoms with E-state index in [4.69, 9.17) is 17.3 Å². The normalized spacial score (nSPS) is 12.0. The number of hydrogen-bond donors (Lipinski definition) is 1. The lowest BCUT2D eigenvalue weighted by Crippen LogP contribution is -2.03. The number of thiophene rings is 1. The van der Waals surface area contributed by atoms with E-state index in [1.165, 1.54) is 20.5 Å². The molecule has 100 valence electrons. The van der Waals surface area contributed by atoms with Crippen LogP contribution in [0.25, 0.3) is 20.5 Å². The van der Waals surface area contributed by atoms with Gasteiger partial charge in [0.05, 0.1) is 11.5 Å². The lowest BCUT2D eigenvalue weighted by molar-refractivity contribution is 1.47. The summed E-state index contributed by atoms with van der Waals surface area (Å²) in [5, 5.41) is 1.94. The maximum absolute atomic E-state index is 5.92. The number of nitrogens with two attached hydrogens (primary N) is 1. The highest BCUT2D eigenvalue weighted by atomic mass is 35.5. The Morgan fingerprint density at radius 3 is 2.55 bits per heavy atom. The van der Waals surface area contributed by atoms with E-state index in [0.29, 0.717) is 5.84 Å². The molecule has 0 amide bonds. The summed E-state index contributed by atoms with van der Waals surface area (Å²) in [6, 6.07) is 16.2. The van der Waals surface area contributed by atoms with Gasteiger partial charge in [0.1, 0.15) is 0 Å². The van der Waals surface area contributed by atoms with Crippen LogP contribution in [0.1, 0.15) is 6.92 Å². The van der Waals surface area contributed by atoms with Crippen LogP contribution in [0.15, 0.2) is 53.5 Å². The van der Waals surface area contributed by atoms with Gasteiger partial charge in [0, 0.05) is 14.6 Å². The molecule has 0 aliphatic heterocycles. The molecule has 0 aliphatic rings. The Morgan fingerprint density at radius 2 is 1.85 bits per heavy atom. The zero-order valence-electron chi connectivity index (χ0n) is 10.9. The van der Waals surface area contributed by atoms with Crippen molar-refractivity contribution in [3.05, 3.63) is 53.6 Å². The van der Waals surface area contributed by atoms with Crippen LogP contribution in [0.2, 0.25) is 5.02 Å². The van der Waals surface area contributed by atoms with Gasteiger partial charge in [-0.1, -0.05) is 23.7 Å². The number of rotatable bonds is 2. The van der Waals surface area contributed by atoms with Gasteiger partial charge < -0.3 is 5.73 Å². The average molecular weight is 301 g/mol. The molecule has 4 heteroatoms. The molecule has 0 saturated carbocycles. The number of amidine groups is 1. The molecule has 1 heterocycles. The summed E-state index contributed by atoms with van der Waals surface area (Å²) in [4.78, 5) is 5.51. The Bertz CT molecular complexity index is 784. The molecule has 0 radical (unpaired) electrons.